The largest absolute Gasteiger partial charge is 0.332 e. The van der Waals surface area contributed by atoms with Crippen LogP contribution in [0.25, 0.3) is 16.7 Å². The normalized spacial score (nSPS) is 10.7. The Morgan fingerprint density at radius 3 is 2.47 bits per heavy atom. The van der Waals surface area contributed by atoms with Gasteiger partial charge in [-0.05, 0) is 67.2 Å². The van der Waals surface area contributed by atoms with Crippen molar-refractivity contribution in [2.45, 2.75) is 6.92 Å². The lowest BCUT2D eigenvalue weighted by atomic mass is 10.2. The molecule has 0 aliphatic heterocycles. The zero-order valence-electron chi connectivity index (χ0n) is 16.6. The predicted molar refractivity (Wildman–Crippen MR) is 125 cm³/mol. The molecule has 160 valence electrons. The molecule has 0 unspecified atom stereocenters. The van der Waals surface area contributed by atoms with Crippen LogP contribution in [0.2, 0.25) is 5.02 Å². The first kappa shape index (κ1) is 21.3. The monoisotopic (exact) mass is 466 g/mol. The Kier molecular flexibility index (Phi) is 5.80. The maximum absolute atomic E-state index is 12.3. The van der Waals surface area contributed by atoms with Crippen molar-refractivity contribution in [3.05, 3.63) is 86.9 Å². The number of rotatable bonds is 4. The second-order valence-corrected chi connectivity index (χ2v) is 7.65. The molecule has 0 atom stereocenters. The number of carbonyl (C=O) groups is 1. The van der Waals surface area contributed by atoms with Crippen LogP contribution < -0.4 is 10.6 Å². The van der Waals surface area contributed by atoms with E-state index >= 15 is 0 Å². The number of nitrogens with zero attached hydrogens (tertiary/aromatic N) is 4. The number of nitrogens with one attached hydrogen (secondary N) is 2. The first-order chi connectivity index (χ1) is 15.3. The second-order valence-electron chi connectivity index (χ2n) is 6.84. The van der Waals surface area contributed by atoms with Crippen molar-refractivity contribution >= 4 is 57.2 Å². The van der Waals surface area contributed by atoms with Gasteiger partial charge in [0.2, 0.25) is 0 Å². The molecule has 1 heterocycles. The molecule has 3 aromatic carbocycles. The Hall–Kier alpha value is -3.89. The van der Waals surface area contributed by atoms with E-state index in [0.717, 1.165) is 11.3 Å². The molecule has 1 amide bonds. The predicted octanol–water partition coefficient (Wildman–Crippen LogP) is 4.42. The number of hydrogen-bond donors (Lipinski definition) is 2. The van der Waals surface area contributed by atoms with Crippen LogP contribution >= 0.6 is 23.8 Å². The number of fused-ring (bicyclic) bond motifs is 1. The van der Waals surface area contributed by atoms with E-state index in [1.54, 1.807) is 24.3 Å². The van der Waals surface area contributed by atoms with Crippen LogP contribution in [0.4, 0.5) is 11.4 Å². The molecular weight excluding hydrogens is 452 g/mol. The van der Waals surface area contributed by atoms with Crippen LogP contribution in [0.3, 0.4) is 0 Å². The van der Waals surface area contributed by atoms with Crippen LogP contribution in [-0.2, 0) is 0 Å². The van der Waals surface area contributed by atoms with Crippen molar-refractivity contribution < 1.29 is 9.72 Å². The molecule has 0 radical (unpaired) electrons. The van der Waals surface area contributed by atoms with Crippen molar-refractivity contribution in [3.8, 4) is 5.69 Å². The Bertz CT molecular complexity index is 1370. The van der Waals surface area contributed by atoms with Crippen molar-refractivity contribution in [2.75, 3.05) is 5.32 Å². The van der Waals surface area contributed by atoms with Crippen LogP contribution in [-0.4, -0.2) is 30.9 Å². The molecular formula is C21H15ClN6O3S. The topological polar surface area (TPSA) is 115 Å². The third kappa shape index (κ3) is 4.56. The molecule has 4 aromatic rings. The Morgan fingerprint density at radius 1 is 1.06 bits per heavy atom. The number of nitro benzene ring substituents is 1. The van der Waals surface area contributed by atoms with Gasteiger partial charge in [0.15, 0.2) is 5.11 Å². The smallest absolute Gasteiger partial charge is 0.269 e. The van der Waals surface area contributed by atoms with Crippen LogP contribution in [0.1, 0.15) is 15.9 Å². The second kappa shape index (κ2) is 8.69. The van der Waals surface area contributed by atoms with Gasteiger partial charge in [-0.1, -0.05) is 17.7 Å². The first-order valence-corrected chi connectivity index (χ1v) is 10.1. The molecule has 0 saturated carbocycles. The molecule has 11 heteroatoms. The van der Waals surface area contributed by atoms with Gasteiger partial charge in [0.1, 0.15) is 11.0 Å². The molecule has 4 rings (SSSR count). The van der Waals surface area contributed by atoms with E-state index in [2.05, 4.69) is 20.8 Å². The molecule has 32 heavy (non-hydrogen) atoms. The summed E-state index contributed by atoms with van der Waals surface area (Å²) in [4.78, 5) is 24.0. The summed E-state index contributed by atoms with van der Waals surface area (Å²) in [6, 6.07) is 16.1. The first-order valence-electron chi connectivity index (χ1n) is 9.30. The highest BCUT2D eigenvalue weighted by Crippen LogP contribution is 2.21. The summed E-state index contributed by atoms with van der Waals surface area (Å²) in [6.07, 6.45) is 0. The lowest BCUT2D eigenvalue weighted by Crippen LogP contribution is -2.34. The molecule has 0 bridgehead atoms. The Morgan fingerprint density at radius 2 is 1.78 bits per heavy atom. The molecule has 0 saturated heterocycles. The number of non-ortho nitro benzene ring substituents is 1. The van der Waals surface area contributed by atoms with Crippen LogP contribution in [0.15, 0.2) is 60.7 Å². The maximum atomic E-state index is 12.3. The highest BCUT2D eigenvalue weighted by molar-refractivity contribution is 7.80. The fourth-order valence-electron chi connectivity index (χ4n) is 2.89. The number of aryl methyl sites for hydroxylation is 1. The SMILES string of the molecule is Cc1ccc(-n2nc3ccc(NC(=S)NC(=O)c4ccc([N+](=O)[O-])cc4)cc3n2)cc1Cl. The zero-order valence-corrected chi connectivity index (χ0v) is 18.1. The highest BCUT2D eigenvalue weighted by atomic mass is 35.5. The van der Waals surface area contributed by atoms with Gasteiger partial charge in [-0.25, -0.2) is 0 Å². The van der Waals surface area contributed by atoms with Crippen LogP contribution in [0.5, 0.6) is 0 Å². The molecule has 2 N–H and O–H groups in total. The van der Waals surface area contributed by atoms with E-state index in [-0.39, 0.29) is 16.4 Å². The lowest BCUT2D eigenvalue weighted by Gasteiger charge is -2.09. The minimum absolute atomic E-state index is 0.0745. The quantitative estimate of drug-likeness (QED) is 0.260. The fourth-order valence-corrected chi connectivity index (χ4v) is 3.27. The van der Waals surface area contributed by atoms with Crippen molar-refractivity contribution in [1.82, 2.24) is 20.3 Å². The van der Waals surface area contributed by atoms with Gasteiger partial charge in [-0.2, -0.15) is 4.80 Å². The van der Waals surface area contributed by atoms with Crippen molar-refractivity contribution in [1.29, 1.82) is 0 Å². The van der Waals surface area contributed by atoms with E-state index in [9.17, 15) is 14.9 Å². The third-order valence-corrected chi connectivity index (χ3v) is 5.20. The zero-order chi connectivity index (χ0) is 22.8. The highest BCUT2D eigenvalue weighted by Gasteiger charge is 2.12. The number of amides is 1. The summed E-state index contributed by atoms with van der Waals surface area (Å²) in [5.41, 5.74) is 3.75. The number of benzene rings is 3. The van der Waals surface area contributed by atoms with E-state index in [4.69, 9.17) is 23.8 Å². The van der Waals surface area contributed by atoms with E-state index in [1.165, 1.54) is 29.1 Å². The number of thiocarbonyl (C=S) groups is 1. The number of halogens is 1. The van der Waals surface area contributed by atoms with Gasteiger partial charge in [-0.3, -0.25) is 20.2 Å². The number of hydrogen-bond acceptors (Lipinski definition) is 6. The minimum atomic E-state index is -0.534. The lowest BCUT2D eigenvalue weighted by molar-refractivity contribution is -0.384. The van der Waals surface area contributed by atoms with Crippen molar-refractivity contribution in [3.63, 3.8) is 0 Å². The molecule has 0 fully saturated rings. The average Bonchev–Trinajstić information content (AvgIpc) is 3.19. The molecule has 9 nitrogen and oxygen atoms in total. The fraction of sp³-hybridized carbons (Fsp3) is 0.0476. The maximum Gasteiger partial charge on any atom is 0.269 e. The van der Waals surface area contributed by atoms with Gasteiger partial charge in [-0.15, -0.1) is 10.2 Å². The van der Waals surface area contributed by atoms with E-state index < -0.39 is 10.8 Å². The summed E-state index contributed by atoms with van der Waals surface area (Å²) in [5, 5.41) is 25.8. The number of aromatic nitrogens is 3. The minimum Gasteiger partial charge on any atom is -0.332 e. The summed E-state index contributed by atoms with van der Waals surface area (Å²) in [5.74, 6) is -0.485. The van der Waals surface area contributed by atoms with Gasteiger partial charge >= 0.3 is 0 Å². The summed E-state index contributed by atoms with van der Waals surface area (Å²) >= 11 is 11.4. The van der Waals surface area contributed by atoms with Gasteiger partial charge in [0, 0.05) is 28.4 Å². The van der Waals surface area contributed by atoms with Gasteiger partial charge in [0.05, 0.1) is 10.6 Å². The van der Waals surface area contributed by atoms with Gasteiger partial charge < -0.3 is 5.32 Å². The summed E-state index contributed by atoms with van der Waals surface area (Å²) in [7, 11) is 0. The standard InChI is InChI=1S/C21H15ClN6O3S/c1-12-2-6-16(11-17(12)22)27-25-18-9-5-14(10-19(18)26-27)23-21(32)24-20(29)13-3-7-15(8-4-13)28(30)31/h2-11H,1H3,(H2,23,24,29,32). The third-order valence-electron chi connectivity index (χ3n) is 4.59. The Labute approximate surface area is 192 Å². The van der Waals surface area contributed by atoms with E-state index in [1.807, 2.05) is 19.1 Å². The average molecular weight is 467 g/mol. The van der Waals surface area contributed by atoms with Crippen molar-refractivity contribution in [2.24, 2.45) is 0 Å². The number of nitro groups is 1. The molecule has 1 aromatic heterocycles. The summed E-state index contributed by atoms with van der Waals surface area (Å²) in [6.45, 7) is 1.92. The van der Waals surface area contributed by atoms with Gasteiger partial charge in [0.25, 0.3) is 11.6 Å². The molecule has 0 aliphatic rings. The number of carbonyl (C=O) groups excluding carboxylic acids is 1. The van der Waals surface area contributed by atoms with Crippen LogP contribution in [0, 0.1) is 17.0 Å². The van der Waals surface area contributed by atoms with E-state index in [0.29, 0.717) is 21.7 Å². The summed E-state index contributed by atoms with van der Waals surface area (Å²) < 4.78 is 0. The molecule has 0 aliphatic carbocycles. The Balaban J connectivity index is 1.46. The number of anilines is 1. The molecule has 0 spiro atoms.